The average Bonchev–Trinajstić information content (AvgIpc) is 3.70. The van der Waals surface area contributed by atoms with Crippen molar-refractivity contribution in [2.24, 2.45) is 0 Å². The van der Waals surface area contributed by atoms with Crippen LogP contribution >= 0.6 is 23.2 Å². The SMILES string of the molecule is CO[C@H]1COC[C@H]1n1c(Cc2cc(F)c(-c3cccc(OCc4ccc(Cl)cc4F)n3)cc2F)nc2ccc(C(=O)OC(=O)c3ccc4nc(Cc5cc(F)c(-c6cccc(OCc7ccc(Cl)cc7F)n6)cc5F)n([C@@H]5COC[C@@H]5OC)c4c3)cc21. The average molecular weight is 1230 g/mol. The summed E-state index contributed by atoms with van der Waals surface area (Å²) in [5.41, 5.74) is 1.59. The summed E-state index contributed by atoms with van der Waals surface area (Å²) in [6.07, 6.45) is -1.45. The number of imidazole rings is 2. The fourth-order valence-electron chi connectivity index (χ4n) is 10.8. The van der Waals surface area contributed by atoms with Gasteiger partial charge in [0.05, 0.1) is 83.1 Å². The van der Waals surface area contributed by atoms with Gasteiger partial charge in [-0.3, -0.25) is 0 Å². The maximum Gasteiger partial charge on any atom is 0.346 e. The highest BCUT2D eigenvalue weighted by Crippen LogP contribution is 2.36. The van der Waals surface area contributed by atoms with Crippen LogP contribution in [-0.4, -0.2) is 93.9 Å². The Hall–Kier alpha value is -8.70. The summed E-state index contributed by atoms with van der Waals surface area (Å²) in [5.74, 6) is -5.66. The fraction of sp³-hybridized carbons (Fsp3) is 0.219. The molecule has 0 saturated carbocycles. The summed E-state index contributed by atoms with van der Waals surface area (Å²) in [6, 6.07) is 29.3. The molecule has 2 aliphatic heterocycles. The predicted molar refractivity (Wildman–Crippen MR) is 307 cm³/mol. The van der Waals surface area contributed by atoms with Crippen LogP contribution in [0.4, 0.5) is 26.3 Å². The van der Waals surface area contributed by atoms with E-state index in [2.05, 4.69) is 9.97 Å². The summed E-state index contributed by atoms with van der Waals surface area (Å²) >= 11 is 11.7. The number of methoxy groups -OCH3 is 2. The molecule has 0 unspecified atom stereocenters. The van der Waals surface area contributed by atoms with Crippen LogP contribution < -0.4 is 9.47 Å². The second-order valence-corrected chi connectivity index (χ2v) is 21.5. The molecule has 4 atom stereocenters. The van der Waals surface area contributed by atoms with Crippen LogP contribution in [0.15, 0.2) is 133 Å². The maximum atomic E-state index is 16.2. The maximum absolute atomic E-state index is 16.2. The van der Waals surface area contributed by atoms with E-state index in [9.17, 15) is 18.4 Å². The summed E-state index contributed by atoms with van der Waals surface area (Å²) in [6.45, 7) is 0.311. The molecule has 0 aliphatic carbocycles. The van der Waals surface area contributed by atoms with Crippen LogP contribution in [0, 0.1) is 34.9 Å². The Labute approximate surface area is 501 Å². The standard InChI is InChI=1S/C64H48Cl2F6N6O9/c1-81-57-31-83-29-55(57)77-53-19-33(11-15-51(53)73-59(77)21-37-17-47(71)41(25-45(37)69)49-5-3-7-61(75-49)85-27-35-9-13-39(65)23-43(35)67)63(79)87-64(80)34-12-16-52-54(20-34)78(56-30-84-32-58(56)82-2)60(74-52)22-38-18-48(72)42(26-46(38)70)50-6-4-8-62(76-50)86-28-36-10-14-40(66)24-44(36)68/h3-20,23-26,55-58H,21-22,27-32H2,1-2H3/t55-,56-,57+,58+/m1/s1. The molecule has 2 fully saturated rings. The Morgan fingerprint density at radius 1 is 0.494 bits per heavy atom. The third-order valence-electron chi connectivity index (χ3n) is 15.2. The second kappa shape index (κ2) is 25.0. The molecule has 0 radical (unpaired) electrons. The lowest BCUT2D eigenvalue weighted by Crippen LogP contribution is -2.26. The highest BCUT2D eigenvalue weighted by molar-refractivity contribution is 6.30. The van der Waals surface area contributed by atoms with E-state index in [1.165, 1.54) is 87.0 Å². The molecule has 0 N–H and O–H groups in total. The molecule has 23 heteroatoms. The van der Waals surface area contributed by atoms with Crippen molar-refractivity contribution in [3.63, 3.8) is 0 Å². The minimum absolute atomic E-state index is 0.0441. The Balaban J connectivity index is 0.789. The minimum Gasteiger partial charge on any atom is -0.473 e. The van der Waals surface area contributed by atoms with E-state index >= 15 is 17.6 Å². The molecule has 0 spiro atoms. The molecule has 4 aromatic heterocycles. The molecule has 87 heavy (non-hydrogen) atoms. The lowest BCUT2D eigenvalue weighted by molar-refractivity contribution is 0.0397. The molecule has 0 amide bonds. The van der Waals surface area contributed by atoms with Gasteiger partial charge in [-0.1, -0.05) is 47.5 Å². The number of carbonyl (C=O) groups excluding carboxylic acids is 2. The topological polar surface area (TPSA) is 160 Å². The monoisotopic (exact) mass is 1230 g/mol. The van der Waals surface area contributed by atoms with Gasteiger partial charge in [-0.25, -0.2) is 55.9 Å². The van der Waals surface area contributed by atoms with Crippen molar-refractivity contribution in [2.75, 3.05) is 40.6 Å². The summed E-state index contributed by atoms with van der Waals surface area (Å²) in [5, 5.41) is 0.438. The van der Waals surface area contributed by atoms with Gasteiger partial charge in [-0.2, -0.15) is 0 Å². The third-order valence-corrected chi connectivity index (χ3v) is 15.7. The molecular weight excluding hydrogens is 1180 g/mol. The first-order valence-corrected chi connectivity index (χ1v) is 27.9. The van der Waals surface area contributed by atoms with Crippen LogP contribution in [-0.2, 0) is 49.7 Å². The van der Waals surface area contributed by atoms with Crippen molar-refractivity contribution in [3.8, 4) is 34.3 Å². The highest BCUT2D eigenvalue weighted by atomic mass is 35.5. The highest BCUT2D eigenvalue weighted by Gasteiger charge is 2.35. The number of halogens is 8. The summed E-state index contributed by atoms with van der Waals surface area (Å²) < 4.78 is 137. The van der Waals surface area contributed by atoms with Gasteiger partial charge in [-0.15, -0.1) is 0 Å². The summed E-state index contributed by atoms with van der Waals surface area (Å²) in [7, 11) is 3.02. The first-order chi connectivity index (χ1) is 42.1. The van der Waals surface area contributed by atoms with Crippen molar-refractivity contribution in [1.29, 1.82) is 0 Å². The first-order valence-electron chi connectivity index (χ1n) is 27.1. The molecular formula is C64H48Cl2F6N6O9. The van der Waals surface area contributed by atoms with E-state index in [0.717, 1.165) is 36.4 Å². The molecule has 2 saturated heterocycles. The number of esters is 2. The lowest BCUT2D eigenvalue weighted by Gasteiger charge is -2.21. The van der Waals surface area contributed by atoms with Crippen LogP contribution in [0.5, 0.6) is 11.8 Å². The number of nitrogens with zero attached hydrogens (tertiary/aromatic N) is 6. The Bertz CT molecular complexity index is 4050. The van der Waals surface area contributed by atoms with Gasteiger partial charge in [0.15, 0.2) is 0 Å². The van der Waals surface area contributed by atoms with E-state index in [1.54, 1.807) is 33.4 Å². The quantitative estimate of drug-likeness (QED) is 0.0454. The number of benzene rings is 6. The second-order valence-electron chi connectivity index (χ2n) is 20.6. The molecule has 444 valence electrons. The van der Waals surface area contributed by atoms with Crippen molar-refractivity contribution in [3.05, 3.63) is 223 Å². The van der Waals surface area contributed by atoms with Gasteiger partial charge in [0.2, 0.25) is 11.8 Å². The van der Waals surface area contributed by atoms with E-state index in [4.69, 9.17) is 66.3 Å². The van der Waals surface area contributed by atoms with Gasteiger partial charge < -0.3 is 42.3 Å². The number of hydrogen-bond donors (Lipinski definition) is 0. The lowest BCUT2D eigenvalue weighted by atomic mass is 10.0. The molecule has 6 aromatic carbocycles. The van der Waals surface area contributed by atoms with Gasteiger partial charge in [0.25, 0.3) is 0 Å². The number of aromatic nitrogens is 6. The molecule has 2 aliphatic rings. The van der Waals surface area contributed by atoms with Gasteiger partial charge in [-0.05, 0) is 108 Å². The Morgan fingerprint density at radius 2 is 0.920 bits per heavy atom. The van der Waals surface area contributed by atoms with Crippen LogP contribution in [0.2, 0.25) is 10.0 Å². The molecule has 12 rings (SSSR count). The number of pyridine rings is 2. The molecule has 0 bridgehead atoms. The zero-order valence-corrected chi connectivity index (χ0v) is 47.6. The molecule has 15 nitrogen and oxygen atoms in total. The third kappa shape index (κ3) is 12.2. The summed E-state index contributed by atoms with van der Waals surface area (Å²) in [4.78, 5) is 46.4. The van der Waals surface area contributed by atoms with Crippen LogP contribution in [0.25, 0.3) is 44.6 Å². The van der Waals surface area contributed by atoms with Crippen LogP contribution in [0.1, 0.15) is 66.7 Å². The van der Waals surface area contributed by atoms with Crippen LogP contribution in [0.3, 0.4) is 0 Å². The fourth-order valence-corrected chi connectivity index (χ4v) is 11.1. The largest absolute Gasteiger partial charge is 0.473 e. The molecule has 10 aromatic rings. The van der Waals surface area contributed by atoms with Gasteiger partial charge in [0, 0.05) is 71.5 Å². The van der Waals surface area contributed by atoms with Gasteiger partial charge in [0.1, 0.15) is 72.0 Å². The van der Waals surface area contributed by atoms with Crippen molar-refractivity contribution in [2.45, 2.75) is 50.3 Å². The van der Waals surface area contributed by atoms with E-state index in [-0.39, 0.29) is 142 Å². The van der Waals surface area contributed by atoms with Crippen molar-refractivity contribution >= 4 is 57.2 Å². The number of rotatable bonds is 18. The van der Waals surface area contributed by atoms with Crippen molar-refractivity contribution in [1.82, 2.24) is 29.1 Å². The number of hydrogen-bond acceptors (Lipinski definition) is 13. The zero-order valence-electron chi connectivity index (χ0n) is 46.0. The zero-order chi connectivity index (χ0) is 60.6. The smallest absolute Gasteiger partial charge is 0.346 e. The first kappa shape index (κ1) is 58.7. The number of carbonyl (C=O) groups is 2. The van der Waals surface area contributed by atoms with E-state index in [1.807, 2.05) is 0 Å². The minimum atomic E-state index is -1.02. The van der Waals surface area contributed by atoms with Gasteiger partial charge >= 0.3 is 11.9 Å². The Kier molecular flexibility index (Phi) is 16.8. The van der Waals surface area contributed by atoms with E-state index < -0.39 is 71.1 Å². The van der Waals surface area contributed by atoms with E-state index in [0.29, 0.717) is 22.1 Å². The normalized spacial score (nSPS) is 16.7. The number of fused-ring (bicyclic) bond motifs is 2. The van der Waals surface area contributed by atoms with Crippen molar-refractivity contribution < 1.29 is 69.1 Å². The molecule has 6 heterocycles. The predicted octanol–water partition coefficient (Wildman–Crippen LogP) is 13.2. The Morgan fingerprint density at radius 3 is 1.33 bits per heavy atom. The number of ether oxygens (including phenoxy) is 7.